The monoisotopic (exact) mass is 381 g/mol. The highest BCUT2D eigenvalue weighted by Crippen LogP contribution is 2.23. The van der Waals surface area contributed by atoms with Crippen LogP contribution in [0.25, 0.3) is 11.0 Å². The Bertz CT molecular complexity index is 1020. The van der Waals surface area contributed by atoms with Crippen molar-refractivity contribution in [3.63, 3.8) is 0 Å². The highest BCUT2D eigenvalue weighted by Gasteiger charge is 2.15. The molecule has 28 heavy (non-hydrogen) atoms. The lowest BCUT2D eigenvalue weighted by molar-refractivity contribution is 0.0469. The number of aromatic nitrogens is 3. The fourth-order valence-electron chi connectivity index (χ4n) is 2.86. The smallest absolute Gasteiger partial charge is 0.340 e. The first kappa shape index (κ1) is 19.5. The summed E-state index contributed by atoms with van der Waals surface area (Å²) < 4.78 is 12.8. The molecule has 1 aromatic carbocycles. The zero-order chi connectivity index (χ0) is 20.3. The highest BCUT2D eigenvalue weighted by atomic mass is 16.5. The molecule has 0 unspecified atom stereocenters. The topological polar surface area (TPSA) is 83.3 Å². The summed E-state index contributed by atoms with van der Waals surface area (Å²) in [6.07, 6.45) is 3.17. The Morgan fingerprint density at radius 2 is 1.93 bits per heavy atom. The van der Waals surface area contributed by atoms with Gasteiger partial charge in [-0.15, -0.1) is 0 Å². The molecule has 2 aromatic heterocycles. The van der Waals surface area contributed by atoms with Crippen LogP contribution in [-0.4, -0.2) is 33.1 Å². The maximum Gasteiger partial charge on any atom is 0.340 e. The van der Waals surface area contributed by atoms with E-state index in [-0.39, 0.29) is 18.4 Å². The van der Waals surface area contributed by atoms with E-state index in [4.69, 9.17) is 9.47 Å². The maximum atomic E-state index is 12.5. The standard InChI is InChI=1S/C21H23N3O4/c1-5-27-19-7-6-15(14(4)25)8-18(19)12-28-21(26)17-9-16-11-23-24(13(2)3)20(16)22-10-17/h6-11,13H,5,12H2,1-4H3. The number of hydrogen-bond donors (Lipinski definition) is 0. The van der Waals surface area contributed by atoms with Crippen molar-refractivity contribution in [1.82, 2.24) is 14.8 Å². The fourth-order valence-corrected chi connectivity index (χ4v) is 2.86. The average Bonchev–Trinajstić information content (AvgIpc) is 3.10. The van der Waals surface area contributed by atoms with Gasteiger partial charge in [0.2, 0.25) is 0 Å². The molecule has 0 bridgehead atoms. The molecule has 0 aliphatic rings. The molecule has 7 nitrogen and oxygen atoms in total. The zero-order valence-electron chi connectivity index (χ0n) is 16.4. The molecule has 0 radical (unpaired) electrons. The Kier molecular flexibility index (Phi) is 5.73. The maximum absolute atomic E-state index is 12.5. The zero-order valence-corrected chi connectivity index (χ0v) is 16.4. The number of pyridine rings is 1. The molecular formula is C21H23N3O4. The van der Waals surface area contributed by atoms with Gasteiger partial charge in [-0.3, -0.25) is 4.79 Å². The second-order valence-corrected chi connectivity index (χ2v) is 6.71. The summed E-state index contributed by atoms with van der Waals surface area (Å²) in [6, 6.07) is 6.99. The Hall–Kier alpha value is -3.22. The average molecular weight is 381 g/mol. The molecule has 0 atom stereocenters. The predicted octanol–water partition coefficient (Wildman–Crippen LogP) is 3.97. The minimum Gasteiger partial charge on any atom is -0.493 e. The Balaban J connectivity index is 1.79. The van der Waals surface area contributed by atoms with Crippen molar-refractivity contribution in [2.75, 3.05) is 6.61 Å². The van der Waals surface area contributed by atoms with Gasteiger partial charge in [0.1, 0.15) is 12.4 Å². The Morgan fingerprint density at radius 3 is 2.61 bits per heavy atom. The molecule has 7 heteroatoms. The van der Waals surface area contributed by atoms with Crippen molar-refractivity contribution in [1.29, 1.82) is 0 Å². The van der Waals surface area contributed by atoms with Gasteiger partial charge < -0.3 is 9.47 Å². The number of nitrogens with zero attached hydrogens (tertiary/aromatic N) is 3. The minimum absolute atomic E-state index is 0.00141. The second kappa shape index (κ2) is 8.21. The molecule has 0 fully saturated rings. The van der Waals surface area contributed by atoms with E-state index in [9.17, 15) is 9.59 Å². The van der Waals surface area contributed by atoms with E-state index in [1.165, 1.54) is 13.1 Å². The number of hydrogen-bond acceptors (Lipinski definition) is 6. The lowest BCUT2D eigenvalue weighted by atomic mass is 10.1. The van der Waals surface area contributed by atoms with Gasteiger partial charge in [0, 0.05) is 28.8 Å². The lowest BCUT2D eigenvalue weighted by Gasteiger charge is -2.12. The summed E-state index contributed by atoms with van der Waals surface area (Å²) in [4.78, 5) is 28.5. The summed E-state index contributed by atoms with van der Waals surface area (Å²) in [6.45, 7) is 7.86. The van der Waals surface area contributed by atoms with Crippen LogP contribution in [0.15, 0.2) is 36.7 Å². The molecule has 3 aromatic rings. The third-order valence-corrected chi connectivity index (χ3v) is 4.28. The van der Waals surface area contributed by atoms with Crippen molar-refractivity contribution < 1.29 is 19.1 Å². The van der Waals surface area contributed by atoms with Gasteiger partial charge >= 0.3 is 5.97 Å². The number of benzene rings is 1. The van der Waals surface area contributed by atoms with Crippen LogP contribution in [0.1, 0.15) is 60.0 Å². The largest absolute Gasteiger partial charge is 0.493 e. The number of esters is 1. The van der Waals surface area contributed by atoms with Gasteiger partial charge in [-0.2, -0.15) is 5.10 Å². The SMILES string of the molecule is CCOc1ccc(C(C)=O)cc1COC(=O)c1cnc2c(cnn2C(C)C)c1. The number of carbonyl (C=O) groups excluding carboxylic acids is 2. The fraction of sp³-hybridized carbons (Fsp3) is 0.333. The number of carbonyl (C=O) groups is 2. The van der Waals surface area contributed by atoms with Crippen LogP contribution in [0.2, 0.25) is 0 Å². The van der Waals surface area contributed by atoms with Gasteiger partial charge in [0.05, 0.1) is 18.4 Å². The number of Topliss-reactive ketones (excluding diaryl/α,β-unsaturated/α-hetero) is 1. The Labute approximate surface area is 163 Å². The third kappa shape index (κ3) is 4.03. The summed E-state index contributed by atoms with van der Waals surface area (Å²) in [7, 11) is 0. The first-order valence-corrected chi connectivity index (χ1v) is 9.17. The van der Waals surface area contributed by atoms with E-state index in [0.717, 1.165) is 11.0 Å². The summed E-state index contributed by atoms with van der Waals surface area (Å²) in [5, 5.41) is 5.08. The molecule has 0 saturated carbocycles. The van der Waals surface area contributed by atoms with Crippen LogP contribution >= 0.6 is 0 Å². The lowest BCUT2D eigenvalue weighted by Crippen LogP contribution is -2.08. The van der Waals surface area contributed by atoms with Crippen molar-refractivity contribution in [2.24, 2.45) is 0 Å². The number of rotatable bonds is 7. The summed E-state index contributed by atoms with van der Waals surface area (Å²) in [5.74, 6) is 0.0295. The van der Waals surface area contributed by atoms with Crippen LogP contribution in [0.3, 0.4) is 0 Å². The second-order valence-electron chi connectivity index (χ2n) is 6.71. The molecule has 146 valence electrons. The van der Waals surface area contributed by atoms with Crippen LogP contribution in [0, 0.1) is 0 Å². The van der Waals surface area contributed by atoms with E-state index in [2.05, 4.69) is 10.1 Å². The third-order valence-electron chi connectivity index (χ3n) is 4.28. The van der Waals surface area contributed by atoms with Crippen LogP contribution in [0.4, 0.5) is 0 Å². The van der Waals surface area contributed by atoms with E-state index in [0.29, 0.717) is 29.0 Å². The van der Waals surface area contributed by atoms with Gasteiger partial charge in [-0.05, 0) is 52.0 Å². The van der Waals surface area contributed by atoms with E-state index < -0.39 is 5.97 Å². The molecule has 0 aliphatic carbocycles. The van der Waals surface area contributed by atoms with Crippen molar-refractivity contribution >= 4 is 22.8 Å². The number of fused-ring (bicyclic) bond motifs is 1. The van der Waals surface area contributed by atoms with Gasteiger partial charge in [0.25, 0.3) is 0 Å². The van der Waals surface area contributed by atoms with Crippen LogP contribution in [0.5, 0.6) is 5.75 Å². The molecule has 0 amide bonds. The molecule has 0 aliphatic heterocycles. The van der Waals surface area contributed by atoms with E-state index >= 15 is 0 Å². The molecule has 0 N–H and O–H groups in total. The van der Waals surface area contributed by atoms with Gasteiger partial charge in [-0.1, -0.05) is 0 Å². The van der Waals surface area contributed by atoms with Crippen LogP contribution in [-0.2, 0) is 11.3 Å². The molecule has 2 heterocycles. The molecule has 3 rings (SSSR count). The molecular weight excluding hydrogens is 358 g/mol. The Morgan fingerprint density at radius 1 is 1.14 bits per heavy atom. The number of ketones is 1. The normalized spacial score (nSPS) is 11.0. The van der Waals surface area contributed by atoms with Crippen molar-refractivity contribution in [2.45, 2.75) is 40.3 Å². The summed E-state index contributed by atoms with van der Waals surface area (Å²) >= 11 is 0. The first-order chi connectivity index (χ1) is 13.4. The van der Waals surface area contributed by atoms with Gasteiger partial charge in [0.15, 0.2) is 11.4 Å². The van der Waals surface area contributed by atoms with E-state index in [1.54, 1.807) is 35.1 Å². The van der Waals surface area contributed by atoms with Crippen LogP contribution < -0.4 is 4.74 Å². The van der Waals surface area contributed by atoms with E-state index in [1.807, 2.05) is 20.8 Å². The van der Waals surface area contributed by atoms with Crippen molar-refractivity contribution in [3.05, 3.63) is 53.3 Å². The minimum atomic E-state index is -0.498. The van der Waals surface area contributed by atoms with Gasteiger partial charge in [-0.25, -0.2) is 14.5 Å². The summed E-state index contributed by atoms with van der Waals surface area (Å²) in [5.41, 5.74) is 2.25. The predicted molar refractivity (Wildman–Crippen MR) is 105 cm³/mol. The number of ether oxygens (including phenoxy) is 2. The first-order valence-electron chi connectivity index (χ1n) is 9.17. The quantitative estimate of drug-likeness (QED) is 0.455. The van der Waals surface area contributed by atoms with Crippen molar-refractivity contribution in [3.8, 4) is 5.75 Å². The molecule has 0 spiro atoms. The highest BCUT2D eigenvalue weighted by molar-refractivity contribution is 5.94. The molecule has 0 saturated heterocycles.